The molecule has 0 saturated carbocycles. The Morgan fingerprint density at radius 3 is 2.83 bits per heavy atom. The SMILES string of the molecule is Nc1ncnn2c(O)cc(O)c12. The Kier molecular flexibility index (Phi) is 1.12. The van der Waals surface area contributed by atoms with Gasteiger partial charge >= 0.3 is 0 Å². The van der Waals surface area contributed by atoms with E-state index in [1.54, 1.807) is 0 Å². The highest BCUT2D eigenvalue weighted by molar-refractivity contribution is 5.74. The van der Waals surface area contributed by atoms with Crippen LogP contribution in [0.3, 0.4) is 0 Å². The van der Waals surface area contributed by atoms with Gasteiger partial charge in [0.15, 0.2) is 17.1 Å². The Morgan fingerprint density at radius 1 is 1.42 bits per heavy atom. The highest BCUT2D eigenvalue weighted by atomic mass is 16.3. The molecule has 12 heavy (non-hydrogen) atoms. The van der Waals surface area contributed by atoms with Crippen LogP contribution < -0.4 is 5.73 Å². The molecule has 0 atom stereocenters. The molecule has 0 aliphatic carbocycles. The van der Waals surface area contributed by atoms with E-state index in [1.165, 1.54) is 6.33 Å². The summed E-state index contributed by atoms with van der Waals surface area (Å²) in [5, 5.41) is 22.1. The van der Waals surface area contributed by atoms with E-state index in [4.69, 9.17) is 5.73 Å². The molecule has 0 aliphatic heterocycles. The molecule has 62 valence electrons. The summed E-state index contributed by atoms with van der Waals surface area (Å²) in [6, 6.07) is 1.15. The van der Waals surface area contributed by atoms with Crippen LogP contribution in [0, 0.1) is 0 Å². The van der Waals surface area contributed by atoms with Crippen LogP contribution in [0.5, 0.6) is 11.6 Å². The maximum absolute atomic E-state index is 9.23. The third-order valence-corrected chi connectivity index (χ3v) is 1.54. The van der Waals surface area contributed by atoms with Crippen molar-refractivity contribution in [2.75, 3.05) is 5.73 Å². The van der Waals surface area contributed by atoms with E-state index in [2.05, 4.69) is 10.1 Å². The first-order valence-corrected chi connectivity index (χ1v) is 3.20. The molecule has 6 heteroatoms. The molecule has 0 bridgehead atoms. The maximum Gasteiger partial charge on any atom is 0.216 e. The molecule has 4 N–H and O–H groups in total. The van der Waals surface area contributed by atoms with Crippen LogP contribution in [0.1, 0.15) is 0 Å². The molecule has 0 aliphatic rings. The van der Waals surface area contributed by atoms with Gasteiger partial charge in [0.25, 0.3) is 0 Å². The monoisotopic (exact) mass is 166 g/mol. The van der Waals surface area contributed by atoms with Gasteiger partial charge in [-0.1, -0.05) is 0 Å². The van der Waals surface area contributed by atoms with Crippen LogP contribution in [0.15, 0.2) is 12.4 Å². The van der Waals surface area contributed by atoms with Gasteiger partial charge in [0.1, 0.15) is 6.33 Å². The summed E-state index contributed by atoms with van der Waals surface area (Å²) in [4.78, 5) is 3.66. The van der Waals surface area contributed by atoms with E-state index in [9.17, 15) is 10.2 Å². The van der Waals surface area contributed by atoms with Crippen LogP contribution in [-0.2, 0) is 0 Å². The average molecular weight is 166 g/mol. The summed E-state index contributed by atoms with van der Waals surface area (Å²) >= 11 is 0. The summed E-state index contributed by atoms with van der Waals surface area (Å²) in [5.41, 5.74) is 5.64. The zero-order chi connectivity index (χ0) is 8.72. The highest BCUT2D eigenvalue weighted by Gasteiger charge is 2.10. The third kappa shape index (κ3) is 0.685. The fraction of sp³-hybridized carbons (Fsp3) is 0. The quantitative estimate of drug-likeness (QED) is 0.500. The topological polar surface area (TPSA) is 96.7 Å². The number of nitrogens with zero attached hydrogens (tertiary/aromatic N) is 3. The molecule has 0 unspecified atom stereocenters. The zero-order valence-corrected chi connectivity index (χ0v) is 5.97. The van der Waals surface area contributed by atoms with Crippen LogP contribution in [0.4, 0.5) is 5.82 Å². The molecule has 0 aromatic carbocycles. The van der Waals surface area contributed by atoms with Crippen molar-refractivity contribution in [3.05, 3.63) is 12.4 Å². The molecule has 0 spiro atoms. The molecule has 2 aromatic rings. The van der Waals surface area contributed by atoms with Gasteiger partial charge < -0.3 is 15.9 Å². The lowest BCUT2D eigenvalue weighted by atomic mass is 10.4. The lowest BCUT2D eigenvalue weighted by Crippen LogP contribution is -1.97. The molecule has 0 fully saturated rings. The Labute approximate surface area is 66.9 Å². The van der Waals surface area contributed by atoms with Gasteiger partial charge in [-0.25, -0.2) is 4.98 Å². The first-order chi connectivity index (χ1) is 5.70. The predicted octanol–water partition coefficient (Wildman–Crippen LogP) is -0.277. The summed E-state index contributed by atoms with van der Waals surface area (Å²) in [6.45, 7) is 0. The number of aromatic hydroxyl groups is 2. The smallest absolute Gasteiger partial charge is 0.216 e. The van der Waals surface area contributed by atoms with E-state index < -0.39 is 0 Å². The summed E-state index contributed by atoms with van der Waals surface area (Å²) in [5.74, 6) is -0.176. The average Bonchev–Trinajstić information content (AvgIpc) is 2.29. The van der Waals surface area contributed by atoms with Crippen LogP contribution in [0.2, 0.25) is 0 Å². The number of nitrogens with two attached hydrogens (primary N) is 1. The van der Waals surface area contributed by atoms with Crippen molar-refractivity contribution >= 4 is 11.3 Å². The first kappa shape index (κ1) is 6.71. The van der Waals surface area contributed by atoms with Crippen molar-refractivity contribution in [1.29, 1.82) is 0 Å². The van der Waals surface area contributed by atoms with Crippen molar-refractivity contribution in [2.45, 2.75) is 0 Å². The Hall–Kier alpha value is -1.98. The van der Waals surface area contributed by atoms with Gasteiger partial charge in [-0.3, -0.25) is 0 Å². The highest BCUT2D eigenvalue weighted by Crippen LogP contribution is 2.28. The molecule has 6 nitrogen and oxygen atoms in total. The summed E-state index contributed by atoms with van der Waals surface area (Å²) < 4.78 is 1.11. The Balaban J connectivity index is 2.99. The van der Waals surface area contributed by atoms with Crippen molar-refractivity contribution in [2.24, 2.45) is 0 Å². The second kappa shape index (κ2) is 2.00. The zero-order valence-electron chi connectivity index (χ0n) is 5.97. The first-order valence-electron chi connectivity index (χ1n) is 3.20. The molecule has 2 rings (SSSR count). The van der Waals surface area contributed by atoms with Crippen molar-refractivity contribution in [3.63, 3.8) is 0 Å². The van der Waals surface area contributed by atoms with Gasteiger partial charge in [0, 0.05) is 6.07 Å². The van der Waals surface area contributed by atoms with Crippen LogP contribution in [0.25, 0.3) is 5.52 Å². The van der Waals surface area contributed by atoms with Crippen molar-refractivity contribution < 1.29 is 10.2 Å². The third-order valence-electron chi connectivity index (χ3n) is 1.54. The number of aromatic nitrogens is 3. The Morgan fingerprint density at radius 2 is 2.17 bits per heavy atom. The van der Waals surface area contributed by atoms with E-state index >= 15 is 0 Å². The van der Waals surface area contributed by atoms with Crippen LogP contribution in [-0.4, -0.2) is 24.8 Å². The van der Waals surface area contributed by atoms with Gasteiger partial charge in [0.2, 0.25) is 5.88 Å². The van der Waals surface area contributed by atoms with E-state index in [-0.39, 0.29) is 23.0 Å². The fourth-order valence-electron chi connectivity index (χ4n) is 1.03. The molecule has 2 aromatic heterocycles. The van der Waals surface area contributed by atoms with E-state index in [0.717, 1.165) is 10.6 Å². The minimum Gasteiger partial charge on any atom is -0.505 e. The molecular formula is C6H6N4O2. The van der Waals surface area contributed by atoms with Gasteiger partial charge in [-0.05, 0) is 0 Å². The second-order valence-electron chi connectivity index (χ2n) is 2.29. The minimum absolute atomic E-state index is 0.128. The van der Waals surface area contributed by atoms with Gasteiger partial charge in [0.05, 0.1) is 0 Å². The number of hydrogen-bond donors (Lipinski definition) is 3. The normalized spacial score (nSPS) is 10.7. The van der Waals surface area contributed by atoms with Crippen molar-refractivity contribution in [1.82, 2.24) is 14.6 Å². The van der Waals surface area contributed by atoms with Crippen molar-refractivity contribution in [3.8, 4) is 11.6 Å². The lowest BCUT2D eigenvalue weighted by Gasteiger charge is -1.96. The van der Waals surface area contributed by atoms with E-state index in [0.29, 0.717) is 0 Å². The Bertz CT molecular complexity index is 436. The second-order valence-corrected chi connectivity index (χ2v) is 2.29. The molecule has 0 saturated heterocycles. The number of rotatable bonds is 0. The van der Waals surface area contributed by atoms with Gasteiger partial charge in [-0.2, -0.15) is 9.61 Å². The largest absolute Gasteiger partial charge is 0.505 e. The summed E-state index contributed by atoms with van der Waals surface area (Å²) in [6.07, 6.45) is 1.20. The molecule has 0 radical (unpaired) electrons. The number of anilines is 1. The molecule has 2 heterocycles. The molecule has 0 amide bonds. The fourth-order valence-corrected chi connectivity index (χ4v) is 1.03. The number of hydrogen-bond acceptors (Lipinski definition) is 5. The maximum atomic E-state index is 9.23. The number of fused-ring (bicyclic) bond motifs is 1. The standard InChI is InChI=1S/C6H6N4O2/c7-6-5-3(11)1-4(12)10(5)9-2-8-6/h1-2,11-12H,(H2,7,8,9). The lowest BCUT2D eigenvalue weighted by molar-refractivity contribution is 0.436. The molecular weight excluding hydrogens is 160 g/mol. The predicted molar refractivity (Wildman–Crippen MR) is 40.7 cm³/mol. The summed E-state index contributed by atoms with van der Waals surface area (Å²) in [7, 11) is 0. The van der Waals surface area contributed by atoms with Crippen LogP contribution >= 0.6 is 0 Å². The van der Waals surface area contributed by atoms with E-state index in [1.807, 2.05) is 0 Å². The number of nitrogen functional groups attached to an aromatic ring is 1. The van der Waals surface area contributed by atoms with Gasteiger partial charge in [-0.15, -0.1) is 0 Å². The minimum atomic E-state index is -0.170.